The number of hydrogen-bond acceptors (Lipinski definition) is 7. The van der Waals surface area contributed by atoms with Gasteiger partial charge < -0.3 is 29.0 Å². The molecule has 1 atom stereocenters. The van der Waals surface area contributed by atoms with E-state index in [0.717, 1.165) is 0 Å². The quantitative estimate of drug-likeness (QED) is 0.354. The highest BCUT2D eigenvalue weighted by Crippen LogP contribution is 2.30. The van der Waals surface area contributed by atoms with Crippen LogP contribution in [-0.2, 0) is 27.4 Å². The van der Waals surface area contributed by atoms with Gasteiger partial charge in [0.2, 0.25) is 5.88 Å². The largest absolute Gasteiger partial charge is 0.573 e. The number of benzene rings is 2. The Morgan fingerprint density at radius 3 is 2.60 bits per heavy atom. The van der Waals surface area contributed by atoms with Crippen LogP contribution >= 0.6 is 0 Å². The van der Waals surface area contributed by atoms with Gasteiger partial charge in [0.15, 0.2) is 5.79 Å². The summed E-state index contributed by atoms with van der Waals surface area (Å²) in [6, 6.07) is 12.5. The Labute approximate surface area is 229 Å². The highest BCUT2D eigenvalue weighted by atomic mass is 19.4. The van der Waals surface area contributed by atoms with Gasteiger partial charge in [0.25, 0.3) is 0 Å². The number of halogens is 3. The van der Waals surface area contributed by atoms with E-state index in [9.17, 15) is 18.0 Å². The molecule has 1 aliphatic rings. The van der Waals surface area contributed by atoms with Crippen LogP contribution in [0, 0.1) is 6.92 Å². The van der Waals surface area contributed by atoms with Crippen molar-refractivity contribution >= 4 is 11.8 Å². The third kappa shape index (κ3) is 7.64. The van der Waals surface area contributed by atoms with Crippen LogP contribution in [0.5, 0.6) is 11.6 Å². The van der Waals surface area contributed by atoms with Gasteiger partial charge in [-0.3, -0.25) is 5.32 Å². The fourth-order valence-corrected chi connectivity index (χ4v) is 4.11. The van der Waals surface area contributed by atoms with E-state index >= 15 is 0 Å². The van der Waals surface area contributed by atoms with Crippen molar-refractivity contribution in [3.63, 3.8) is 0 Å². The zero-order chi connectivity index (χ0) is 28.9. The van der Waals surface area contributed by atoms with Crippen molar-refractivity contribution in [2.24, 2.45) is 0 Å². The van der Waals surface area contributed by atoms with Crippen LogP contribution in [0.4, 0.5) is 23.8 Å². The first kappa shape index (κ1) is 29.2. The summed E-state index contributed by atoms with van der Waals surface area (Å²) in [5.41, 5.74) is 1.95. The molecular weight excluding hydrogens is 533 g/mol. The van der Waals surface area contributed by atoms with Gasteiger partial charge in [0.05, 0.1) is 24.5 Å². The van der Waals surface area contributed by atoms with Crippen molar-refractivity contribution in [3.05, 3.63) is 65.2 Å². The molecule has 1 aliphatic heterocycles. The molecule has 40 heavy (non-hydrogen) atoms. The number of alkyl halides is 3. The molecule has 0 saturated carbocycles. The Bertz CT molecular complexity index is 1310. The molecule has 1 saturated heterocycles. The molecule has 0 spiro atoms. The number of amides is 2. The van der Waals surface area contributed by atoms with Gasteiger partial charge in [-0.1, -0.05) is 24.3 Å². The first-order valence-electron chi connectivity index (χ1n) is 12.4. The van der Waals surface area contributed by atoms with Gasteiger partial charge >= 0.3 is 12.4 Å². The van der Waals surface area contributed by atoms with Crippen molar-refractivity contribution in [2.75, 3.05) is 25.6 Å². The minimum Gasteiger partial charge on any atom is -0.473 e. The zero-order valence-electron chi connectivity index (χ0n) is 22.5. The molecule has 2 heterocycles. The molecule has 1 aromatic heterocycles. The number of hydrogen-bond donors (Lipinski definition) is 2. The molecule has 3 aromatic rings. The number of nitrogens with zero attached hydrogens (tertiary/aromatic N) is 2. The minimum atomic E-state index is -4.89. The van der Waals surface area contributed by atoms with Crippen molar-refractivity contribution in [1.82, 2.24) is 15.1 Å². The topological polar surface area (TPSA) is 105 Å². The molecule has 0 radical (unpaired) electrons. The standard InChI is InChI=1S/C27H31F3N4O6/c1-17-23(32-25(35)31-13-19-12-18(14-36-4)10-11-22(19)40-27(28,29)30)34(20-8-6-5-7-9-20)33-24(17)37-15-21-16-38-26(2,3)39-21/h5-12,21H,13-16H2,1-4H3,(H2,31,32,35)/t21-/m0/s1. The summed E-state index contributed by atoms with van der Waals surface area (Å²) < 4.78 is 66.8. The van der Waals surface area contributed by atoms with E-state index in [1.165, 1.54) is 30.0 Å². The number of aromatic nitrogens is 2. The highest BCUT2D eigenvalue weighted by Gasteiger charge is 2.34. The molecule has 0 bridgehead atoms. The van der Waals surface area contributed by atoms with E-state index in [-0.39, 0.29) is 37.3 Å². The number of methoxy groups -OCH3 is 1. The predicted molar refractivity (Wildman–Crippen MR) is 138 cm³/mol. The first-order chi connectivity index (χ1) is 18.9. The van der Waals surface area contributed by atoms with Gasteiger partial charge in [0, 0.05) is 19.2 Å². The molecule has 2 aromatic carbocycles. The lowest BCUT2D eigenvalue weighted by atomic mass is 10.1. The second-order valence-corrected chi connectivity index (χ2v) is 9.52. The number of nitrogens with one attached hydrogen (secondary N) is 2. The number of carbonyl (C=O) groups excluding carboxylic acids is 1. The number of carbonyl (C=O) groups is 1. The molecule has 10 nitrogen and oxygen atoms in total. The predicted octanol–water partition coefficient (Wildman–Crippen LogP) is 5.08. The smallest absolute Gasteiger partial charge is 0.473 e. The van der Waals surface area contributed by atoms with Crippen LogP contribution in [0.25, 0.3) is 5.69 Å². The van der Waals surface area contributed by atoms with Gasteiger partial charge in [-0.05, 0) is 50.6 Å². The summed E-state index contributed by atoms with van der Waals surface area (Å²) in [4.78, 5) is 12.9. The molecule has 2 amide bonds. The Kier molecular flexibility index (Phi) is 8.86. The van der Waals surface area contributed by atoms with E-state index < -0.39 is 23.9 Å². The van der Waals surface area contributed by atoms with Crippen LogP contribution in [-0.4, -0.2) is 54.4 Å². The molecule has 0 aliphatic carbocycles. The summed E-state index contributed by atoms with van der Waals surface area (Å²) in [6.45, 7) is 5.84. The van der Waals surface area contributed by atoms with Crippen molar-refractivity contribution in [2.45, 2.75) is 52.2 Å². The third-order valence-electron chi connectivity index (χ3n) is 5.89. The lowest BCUT2D eigenvalue weighted by Gasteiger charge is -2.17. The number of anilines is 1. The Morgan fingerprint density at radius 1 is 1.20 bits per heavy atom. The number of rotatable bonds is 10. The SMILES string of the molecule is COCc1ccc(OC(F)(F)F)c(CNC(=O)Nc2c(C)c(OC[C@H]3COC(C)(C)O3)nn2-c2ccccc2)c1. The lowest BCUT2D eigenvalue weighted by molar-refractivity contribution is -0.274. The normalized spacial score (nSPS) is 16.5. The summed E-state index contributed by atoms with van der Waals surface area (Å²) in [5.74, 6) is -0.524. The van der Waals surface area contributed by atoms with Gasteiger partial charge in [-0.25, -0.2) is 9.48 Å². The summed E-state index contributed by atoms with van der Waals surface area (Å²) in [6.07, 6.45) is -5.18. The van der Waals surface area contributed by atoms with Gasteiger partial charge in [0.1, 0.15) is 24.3 Å². The maximum absolute atomic E-state index is 12.9. The highest BCUT2D eigenvalue weighted by molar-refractivity contribution is 5.89. The summed E-state index contributed by atoms with van der Waals surface area (Å²) >= 11 is 0. The third-order valence-corrected chi connectivity index (χ3v) is 5.89. The number of ether oxygens (including phenoxy) is 5. The van der Waals surface area contributed by atoms with E-state index in [0.29, 0.717) is 29.2 Å². The van der Waals surface area contributed by atoms with Crippen LogP contribution in [0.1, 0.15) is 30.5 Å². The summed E-state index contributed by atoms with van der Waals surface area (Å²) in [7, 11) is 1.47. The minimum absolute atomic E-state index is 0.126. The van der Waals surface area contributed by atoms with Crippen LogP contribution < -0.4 is 20.1 Å². The second-order valence-electron chi connectivity index (χ2n) is 9.52. The average molecular weight is 565 g/mol. The second kappa shape index (κ2) is 12.1. The fraction of sp³-hybridized carbons (Fsp3) is 0.407. The summed E-state index contributed by atoms with van der Waals surface area (Å²) in [5, 5.41) is 9.86. The van der Waals surface area contributed by atoms with E-state index in [1.54, 1.807) is 19.1 Å². The van der Waals surface area contributed by atoms with E-state index in [2.05, 4.69) is 20.5 Å². The first-order valence-corrected chi connectivity index (χ1v) is 12.4. The van der Waals surface area contributed by atoms with Gasteiger partial charge in [-0.15, -0.1) is 18.3 Å². The number of urea groups is 1. The van der Waals surface area contributed by atoms with Crippen molar-refractivity contribution in [3.8, 4) is 17.3 Å². The molecule has 1 fully saturated rings. The van der Waals surface area contributed by atoms with Crippen molar-refractivity contribution < 1.29 is 41.7 Å². The zero-order valence-corrected chi connectivity index (χ0v) is 22.5. The molecular formula is C27H31F3N4O6. The van der Waals surface area contributed by atoms with Crippen LogP contribution in [0.3, 0.4) is 0 Å². The molecule has 0 unspecified atom stereocenters. The maximum Gasteiger partial charge on any atom is 0.573 e. The van der Waals surface area contributed by atoms with Crippen molar-refractivity contribution in [1.29, 1.82) is 0 Å². The van der Waals surface area contributed by atoms with Crippen LogP contribution in [0.15, 0.2) is 48.5 Å². The van der Waals surface area contributed by atoms with E-state index in [4.69, 9.17) is 18.9 Å². The van der Waals surface area contributed by atoms with Gasteiger partial charge in [-0.2, -0.15) is 0 Å². The Balaban J connectivity index is 1.51. The monoisotopic (exact) mass is 564 g/mol. The fourth-order valence-electron chi connectivity index (χ4n) is 4.11. The Hall–Kier alpha value is -3.81. The Morgan fingerprint density at radius 2 is 1.95 bits per heavy atom. The molecule has 4 rings (SSSR count). The van der Waals surface area contributed by atoms with Crippen LogP contribution in [0.2, 0.25) is 0 Å². The lowest BCUT2D eigenvalue weighted by Crippen LogP contribution is -2.30. The molecule has 13 heteroatoms. The maximum atomic E-state index is 12.9. The molecule has 2 N–H and O–H groups in total. The number of para-hydroxylation sites is 1. The average Bonchev–Trinajstić information content (AvgIpc) is 3.40. The van der Waals surface area contributed by atoms with E-state index in [1.807, 2.05) is 32.0 Å². The molecule has 216 valence electrons.